The van der Waals surface area contributed by atoms with Gasteiger partial charge in [-0.2, -0.15) is 0 Å². The van der Waals surface area contributed by atoms with Gasteiger partial charge in [-0.15, -0.1) is 0 Å². The molecule has 1 heterocycles. The Hall–Kier alpha value is -3.00. The van der Waals surface area contributed by atoms with Gasteiger partial charge in [0.15, 0.2) is 12.2 Å². The first-order valence-electron chi connectivity index (χ1n) is 10.9. The smallest absolute Gasteiger partial charge is 0.344 e. The number of carbonyl (C=O) groups is 2. The van der Waals surface area contributed by atoms with E-state index in [2.05, 4.69) is 15.9 Å². The van der Waals surface area contributed by atoms with Crippen molar-refractivity contribution in [2.24, 2.45) is 0 Å². The molecule has 1 aromatic heterocycles. The summed E-state index contributed by atoms with van der Waals surface area (Å²) in [5.74, 6) is 0.299. The lowest BCUT2D eigenvalue weighted by molar-refractivity contribution is -0.146. The average Bonchev–Trinajstić information content (AvgIpc) is 3.29. The first-order valence-corrected chi connectivity index (χ1v) is 11.7. The fraction of sp³-hybridized carbons (Fsp3) is 0.360. The van der Waals surface area contributed by atoms with Crippen molar-refractivity contribution in [2.45, 2.75) is 39.7 Å². The zero-order valence-corrected chi connectivity index (χ0v) is 20.3. The summed E-state index contributed by atoms with van der Waals surface area (Å²) in [7, 11) is 0. The van der Waals surface area contributed by atoms with Gasteiger partial charge in [0.1, 0.15) is 18.1 Å². The molecule has 7 nitrogen and oxygen atoms in total. The molecule has 0 bridgehead atoms. The van der Waals surface area contributed by atoms with Crippen LogP contribution < -0.4 is 9.47 Å². The number of halogens is 1. The van der Waals surface area contributed by atoms with Crippen LogP contribution in [0.5, 0.6) is 11.5 Å². The molecule has 0 saturated heterocycles. The van der Waals surface area contributed by atoms with E-state index in [1.165, 1.54) is 0 Å². The van der Waals surface area contributed by atoms with Crippen LogP contribution in [0.4, 0.5) is 0 Å². The summed E-state index contributed by atoms with van der Waals surface area (Å²) in [4.78, 5) is 24.0. The van der Waals surface area contributed by atoms with E-state index in [4.69, 9.17) is 23.4 Å². The van der Waals surface area contributed by atoms with Crippen molar-refractivity contribution in [2.75, 3.05) is 19.8 Å². The zero-order chi connectivity index (χ0) is 23.6. The van der Waals surface area contributed by atoms with Crippen LogP contribution in [-0.4, -0.2) is 31.8 Å². The molecule has 0 atom stereocenters. The summed E-state index contributed by atoms with van der Waals surface area (Å²) in [5.41, 5.74) is 2.04. The topological polar surface area (TPSA) is 84.2 Å². The van der Waals surface area contributed by atoms with Crippen molar-refractivity contribution in [3.63, 3.8) is 0 Å². The van der Waals surface area contributed by atoms with E-state index in [-0.39, 0.29) is 25.6 Å². The van der Waals surface area contributed by atoms with Gasteiger partial charge in [0, 0.05) is 11.1 Å². The van der Waals surface area contributed by atoms with E-state index in [1.807, 2.05) is 31.2 Å². The Morgan fingerprint density at radius 3 is 2.61 bits per heavy atom. The molecule has 0 N–H and O–H groups in total. The molecule has 0 aliphatic carbocycles. The van der Waals surface area contributed by atoms with Gasteiger partial charge in [-0.3, -0.25) is 4.79 Å². The van der Waals surface area contributed by atoms with E-state index in [0.717, 1.165) is 22.9 Å². The fourth-order valence-corrected chi connectivity index (χ4v) is 3.81. The third kappa shape index (κ3) is 6.74. The Bertz CT molecular complexity index is 1090. The van der Waals surface area contributed by atoms with E-state index >= 15 is 0 Å². The van der Waals surface area contributed by atoms with Gasteiger partial charge in [-0.1, -0.05) is 31.5 Å². The second kappa shape index (κ2) is 12.3. The molecule has 0 radical (unpaired) electrons. The van der Waals surface area contributed by atoms with Crippen LogP contribution in [-0.2, 0) is 32.1 Å². The molecule has 0 fully saturated rings. The molecule has 3 aromatic rings. The van der Waals surface area contributed by atoms with E-state index in [9.17, 15) is 9.59 Å². The molecule has 8 heteroatoms. The molecule has 0 unspecified atom stereocenters. The SMILES string of the molecule is CCCCOC(=O)COc1c(COc2ccccc2CC(=O)OCC)cc(Br)c2occc12. The number of furan rings is 1. The Kier molecular flexibility index (Phi) is 9.18. The van der Waals surface area contributed by atoms with Crippen LogP contribution in [0, 0.1) is 0 Å². The van der Waals surface area contributed by atoms with Crippen molar-refractivity contribution in [1.29, 1.82) is 0 Å². The van der Waals surface area contributed by atoms with Crippen molar-refractivity contribution in [3.8, 4) is 11.5 Å². The second-order valence-electron chi connectivity index (χ2n) is 7.25. The lowest BCUT2D eigenvalue weighted by atomic mass is 10.1. The Morgan fingerprint density at radius 1 is 1.00 bits per heavy atom. The number of rotatable bonds is 12. The number of hydrogen-bond acceptors (Lipinski definition) is 7. The molecule has 0 saturated carbocycles. The Morgan fingerprint density at radius 2 is 1.82 bits per heavy atom. The Labute approximate surface area is 201 Å². The van der Waals surface area contributed by atoms with Gasteiger partial charge in [0.2, 0.25) is 0 Å². The number of ether oxygens (including phenoxy) is 4. The highest BCUT2D eigenvalue weighted by atomic mass is 79.9. The third-order valence-corrected chi connectivity index (χ3v) is 5.40. The molecule has 0 spiro atoms. The van der Waals surface area contributed by atoms with Crippen LogP contribution in [0.3, 0.4) is 0 Å². The highest BCUT2D eigenvalue weighted by Crippen LogP contribution is 2.37. The molecule has 176 valence electrons. The van der Waals surface area contributed by atoms with Crippen LogP contribution in [0.15, 0.2) is 51.6 Å². The molecular formula is C25H27BrO7. The summed E-state index contributed by atoms with van der Waals surface area (Å²) in [6.07, 6.45) is 3.42. The normalized spacial score (nSPS) is 10.8. The van der Waals surface area contributed by atoms with Gasteiger partial charge in [-0.05, 0) is 47.5 Å². The minimum absolute atomic E-state index is 0.113. The largest absolute Gasteiger partial charge is 0.488 e. The highest BCUT2D eigenvalue weighted by molar-refractivity contribution is 9.10. The van der Waals surface area contributed by atoms with E-state index in [0.29, 0.717) is 41.2 Å². The monoisotopic (exact) mass is 518 g/mol. The average molecular weight is 519 g/mol. The number of esters is 2. The molecule has 0 aliphatic heterocycles. The van der Waals surface area contributed by atoms with E-state index in [1.54, 1.807) is 25.3 Å². The standard InChI is InChI=1S/C25H27BrO7/c1-3-5-11-30-23(28)16-33-24-18(13-20(26)25-19(24)10-12-31-25)15-32-21-9-7-6-8-17(21)14-22(27)29-4-2/h6-10,12-13H,3-5,11,14-16H2,1-2H3. The first kappa shape index (κ1) is 24.6. The number of unbranched alkanes of at least 4 members (excludes halogenated alkanes) is 1. The molecule has 0 aliphatic rings. The highest BCUT2D eigenvalue weighted by Gasteiger charge is 2.18. The molecule has 33 heavy (non-hydrogen) atoms. The zero-order valence-electron chi connectivity index (χ0n) is 18.7. The molecule has 2 aromatic carbocycles. The quantitative estimate of drug-likeness (QED) is 0.228. The second-order valence-corrected chi connectivity index (χ2v) is 8.11. The van der Waals surface area contributed by atoms with Crippen molar-refractivity contribution >= 4 is 38.8 Å². The maximum Gasteiger partial charge on any atom is 0.344 e. The third-order valence-electron chi connectivity index (χ3n) is 4.81. The van der Waals surface area contributed by atoms with Crippen LogP contribution in [0.25, 0.3) is 11.0 Å². The van der Waals surface area contributed by atoms with Gasteiger partial charge in [-0.25, -0.2) is 4.79 Å². The van der Waals surface area contributed by atoms with Crippen LogP contribution >= 0.6 is 15.9 Å². The summed E-state index contributed by atoms with van der Waals surface area (Å²) < 4.78 is 28.4. The lowest BCUT2D eigenvalue weighted by Crippen LogP contribution is -2.16. The minimum Gasteiger partial charge on any atom is -0.488 e. The van der Waals surface area contributed by atoms with Gasteiger partial charge in [0.25, 0.3) is 0 Å². The summed E-state index contributed by atoms with van der Waals surface area (Å²) in [6, 6.07) is 10.9. The fourth-order valence-electron chi connectivity index (χ4n) is 3.22. The Balaban J connectivity index is 1.78. The van der Waals surface area contributed by atoms with Crippen LogP contribution in [0.1, 0.15) is 37.8 Å². The number of hydrogen-bond donors (Lipinski definition) is 0. The molecule has 0 amide bonds. The van der Waals surface area contributed by atoms with Gasteiger partial charge in [0.05, 0.1) is 35.8 Å². The maximum atomic E-state index is 12.1. The predicted molar refractivity (Wildman–Crippen MR) is 126 cm³/mol. The molecular weight excluding hydrogens is 492 g/mol. The number of para-hydroxylation sites is 1. The summed E-state index contributed by atoms with van der Waals surface area (Å²) in [5, 5.41) is 0.712. The predicted octanol–water partition coefficient (Wildman–Crippen LogP) is 5.60. The maximum absolute atomic E-state index is 12.1. The summed E-state index contributed by atoms with van der Waals surface area (Å²) in [6.45, 7) is 4.41. The van der Waals surface area contributed by atoms with E-state index < -0.39 is 5.97 Å². The molecule has 3 rings (SSSR count). The number of carbonyl (C=O) groups excluding carboxylic acids is 2. The van der Waals surface area contributed by atoms with Crippen molar-refractivity contribution < 1.29 is 33.0 Å². The van der Waals surface area contributed by atoms with Crippen molar-refractivity contribution in [3.05, 3.63) is 58.3 Å². The first-order chi connectivity index (χ1) is 16.0. The van der Waals surface area contributed by atoms with Gasteiger partial charge < -0.3 is 23.4 Å². The summed E-state index contributed by atoms with van der Waals surface area (Å²) >= 11 is 3.52. The number of fused-ring (bicyclic) bond motifs is 1. The van der Waals surface area contributed by atoms with Crippen molar-refractivity contribution in [1.82, 2.24) is 0 Å². The minimum atomic E-state index is -0.435. The lowest BCUT2D eigenvalue weighted by Gasteiger charge is -2.15. The van der Waals surface area contributed by atoms with Crippen LogP contribution in [0.2, 0.25) is 0 Å². The van der Waals surface area contributed by atoms with Gasteiger partial charge >= 0.3 is 11.9 Å². The number of benzene rings is 2.